The Kier molecular flexibility index (Phi) is 9.87. The maximum Gasteiger partial charge on any atom is 0.250 e. The highest BCUT2D eigenvalue weighted by Crippen LogP contribution is 2.42. The fourth-order valence-corrected chi connectivity index (χ4v) is 8.30. The van der Waals surface area contributed by atoms with E-state index in [-0.39, 0.29) is 11.3 Å². The zero-order valence-electron chi connectivity index (χ0n) is 32.0. The Hall–Kier alpha value is -4.87. The van der Waals surface area contributed by atoms with Gasteiger partial charge in [0.25, 0.3) is 0 Å². The molecule has 0 radical (unpaired) electrons. The SMILES string of the molecule is CC(C)(C)[Si](C)(C)Oc1ccc(C2CCN(Cc3ccc(-n4c(-c5cccnc5N)nc5ccc(-c6ccccc6)nc54)cc3)CC2)cc1C1OCCO1. The molecular weight excluding hydrogens is 689 g/mol. The smallest absolute Gasteiger partial charge is 0.250 e. The minimum Gasteiger partial charge on any atom is -0.543 e. The molecule has 0 atom stereocenters. The molecule has 2 aliphatic heterocycles. The second-order valence-electron chi connectivity index (χ2n) is 16.1. The molecule has 0 amide bonds. The standard InChI is InChI=1S/C44H50N6O3Si/c1-44(2,3)54(4,5)53-39-20-15-33(28-36(39)43-51-26-27-52-43)31-21-24-49(25-22-31)29-30-13-16-34(17-14-30)50-41(35-12-9-23-46-40(35)45)48-38-19-18-37(47-42(38)50)32-10-7-6-8-11-32/h6-20,23,28,31,43H,21-22,24-27,29H2,1-5H3,(H2,45,46). The van der Waals surface area contributed by atoms with Crippen molar-refractivity contribution in [2.75, 3.05) is 32.0 Å². The number of likely N-dealkylation sites (tertiary alicyclic amines) is 1. The topological polar surface area (TPSA) is 101 Å². The quantitative estimate of drug-likeness (QED) is 0.147. The Balaban J connectivity index is 0.999. The second-order valence-corrected chi connectivity index (χ2v) is 20.8. The average Bonchev–Trinajstić information content (AvgIpc) is 3.84. The molecule has 2 fully saturated rings. The van der Waals surface area contributed by atoms with Gasteiger partial charge in [-0.25, -0.2) is 15.0 Å². The van der Waals surface area contributed by atoms with Gasteiger partial charge in [-0.2, -0.15) is 0 Å². The van der Waals surface area contributed by atoms with Crippen LogP contribution in [-0.2, 0) is 16.0 Å². The Morgan fingerprint density at radius 1 is 0.852 bits per heavy atom. The van der Waals surface area contributed by atoms with Gasteiger partial charge in [-0.3, -0.25) is 9.47 Å². The number of nitrogen functional groups attached to an aromatic ring is 1. The minimum atomic E-state index is -2.03. The third-order valence-corrected chi connectivity index (χ3v) is 15.7. The first-order valence-corrected chi connectivity index (χ1v) is 22.0. The fourth-order valence-electron chi connectivity index (χ4n) is 7.26. The first-order chi connectivity index (χ1) is 26.0. The number of hydrogen-bond acceptors (Lipinski definition) is 8. The molecule has 0 bridgehead atoms. The number of ether oxygens (including phenoxy) is 2. The van der Waals surface area contributed by atoms with Crippen LogP contribution in [0.15, 0.2) is 103 Å². The van der Waals surface area contributed by atoms with Gasteiger partial charge in [-0.05, 0) is 110 Å². The summed E-state index contributed by atoms with van der Waals surface area (Å²) in [6.45, 7) is 15.6. The summed E-state index contributed by atoms with van der Waals surface area (Å²) in [6, 6.07) is 33.6. The van der Waals surface area contributed by atoms with E-state index in [2.05, 4.69) is 103 Å². The van der Waals surface area contributed by atoms with Crippen LogP contribution in [0.25, 0.3) is 39.5 Å². The number of fused-ring (bicyclic) bond motifs is 1. The maximum absolute atomic E-state index is 6.80. The zero-order valence-corrected chi connectivity index (χ0v) is 33.0. The zero-order chi connectivity index (χ0) is 37.5. The van der Waals surface area contributed by atoms with Crippen LogP contribution < -0.4 is 10.2 Å². The van der Waals surface area contributed by atoms with Crippen LogP contribution in [0.2, 0.25) is 18.1 Å². The predicted octanol–water partition coefficient (Wildman–Crippen LogP) is 9.54. The lowest BCUT2D eigenvalue weighted by Gasteiger charge is -2.37. The molecule has 9 nitrogen and oxygen atoms in total. The van der Waals surface area contributed by atoms with Crippen molar-refractivity contribution in [2.24, 2.45) is 0 Å². The molecule has 6 aromatic rings. The summed E-state index contributed by atoms with van der Waals surface area (Å²) < 4.78 is 20.9. The number of nitrogens with zero attached hydrogens (tertiary/aromatic N) is 5. The molecular formula is C44H50N6O3Si. The van der Waals surface area contributed by atoms with E-state index in [4.69, 9.17) is 29.6 Å². The number of rotatable bonds is 9. The third kappa shape index (κ3) is 7.31. The molecule has 0 unspecified atom stereocenters. The molecule has 0 saturated carbocycles. The van der Waals surface area contributed by atoms with Crippen molar-refractivity contribution in [1.29, 1.82) is 0 Å². The summed E-state index contributed by atoms with van der Waals surface area (Å²) in [6.07, 6.45) is 3.53. The van der Waals surface area contributed by atoms with Gasteiger partial charge in [0.05, 0.1) is 24.5 Å². The number of benzene rings is 3. The van der Waals surface area contributed by atoms with Crippen molar-refractivity contribution in [2.45, 2.75) is 70.5 Å². The van der Waals surface area contributed by atoms with E-state index in [0.717, 1.165) is 83.3 Å². The van der Waals surface area contributed by atoms with Crippen LogP contribution in [0.4, 0.5) is 5.82 Å². The lowest BCUT2D eigenvalue weighted by Crippen LogP contribution is -2.44. The molecule has 3 aromatic carbocycles. The Morgan fingerprint density at radius 2 is 1.59 bits per heavy atom. The Morgan fingerprint density at radius 3 is 2.30 bits per heavy atom. The van der Waals surface area contributed by atoms with Crippen LogP contribution in [0.1, 0.15) is 62.5 Å². The first kappa shape index (κ1) is 36.1. The van der Waals surface area contributed by atoms with E-state index in [1.807, 2.05) is 42.5 Å². The van der Waals surface area contributed by atoms with Crippen LogP contribution in [0.3, 0.4) is 0 Å². The van der Waals surface area contributed by atoms with Gasteiger partial charge in [0.1, 0.15) is 17.1 Å². The number of hydrogen-bond donors (Lipinski definition) is 1. The monoisotopic (exact) mass is 738 g/mol. The number of anilines is 1. The van der Waals surface area contributed by atoms with Crippen LogP contribution >= 0.6 is 0 Å². The first-order valence-electron chi connectivity index (χ1n) is 19.1. The summed E-state index contributed by atoms with van der Waals surface area (Å²) in [4.78, 5) is 17.0. The van der Waals surface area contributed by atoms with E-state index in [9.17, 15) is 0 Å². The average molecular weight is 739 g/mol. The number of aromatic nitrogens is 4. The number of nitrogens with two attached hydrogens (primary N) is 1. The Bertz CT molecular complexity index is 2240. The Labute approximate surface area is 319 Å². The van der Waals surface area contributed by atoms with Crippen molar-refractivity contribution in [3.8, 4) is 34.1 Å². The molecule has 0 aliphatic carbocycles. The minimum absolute atomic E-state index is 0.0997. The maximum atomic E-state index is 6.80. The van der Waals surface area contributed by atoms with Crippen LogP contribution in [0.5, 0.6) is 5.75 Å². The molecule has 2 N–H and O–H groups in total. The normalized spacial score (nSPS) is 16.3. The van der Waals surface area contributed by atoms with Gasteiger partial charge in [0.15, 0.2) is 17.8 Å². The molecule has 278 valence electrons. The van der Waals surface area contributed by atoms with Crippen LogP contribution in [0, 0.1) is 0 Å². The van der Waals surface area contributed by atoms with E-state index in [1.54, 1.807) is 6.20 Å². The van der Waals surface area contributed by atoms with E-state index < -0.39 is 8.32 Å². The van der Waals surface area contributed by atoms with Crippen molar-refractivity contribution >= 4 is 25.3 Å². The highest BCUT2D eigenvalue weighted by molar-refractivity contribution is 6.74. The molecule has 2 aliphatic rings. The second kappa shape index (κ2) is 14.7. The van der Waals surface area contributed by atoms with Crippen molar-refractivity contribution in [1.82, 2.24) is 24.4 Å². The predicted molar refractivity (Wildman–Crippen MR) is 218 cm³/mol. The lowest BCUT2D eigenvalue weighted by molar-refractivity contribution is -0.0451. The molecule has 10 heteroatoms. The van der Waals surface area contributed by atoms with E-state index in [0.29, 0.717) is 24.9 Å². The number of piperidine rings is 1. The van der Waals surface area contributed by atoms with Gasteiger partial charge >= 0.3 is 0 Å². The molecule has 0 spiro atoms. The van der Waals surface area contributed by atoms with Crippen molar-refractivity contribution in [3.63, 3.8) is 0 Å². The summed E-state index contributed by atoms with van der Waals surface area (Å²) in [5.74, 6) is 2.54. The highest BCUT2D eigenvalue weighted by atomic mass is 28.4. The fraction of sp³-hybridized carbons (Fsp3) is 0.341. The van der Waals surface area contributed by atoms with Gasteiger partial charge in [0.2, 0.25) is 8.32 Å². The largest absolute Gasteiger partial charge is 0.543 e. The molecule has 5 heterocycles. The molecule has 54 heavy (non-hydrogen) atoms. The summed E-state index contributed by atoms with van der Waals surface area (Å²) in [5, 5.41) is 0.0997. The van der Waals surface area contributed by atoms with Crippen LogP contribution in [-0.4, -0.2) is 59.0 Å². The molecule has 3 aromatic heterocycles. The lowest BCUT2D eigenvalue weighted by atomic mass is 9.88. The van der Waals surface area contributed by atoms with E-state index >= 15 is 0 Å². The van der Waals surface area contributed by atoms with E-state index in [1.165, 1.54) is 11.1 Å². The number of imidazole rings is 1. The number of pyridine rings is 2. The summed E-state index contributed by atoms with van der Waals surface area (Å²) in [7, 11) is -2.03. The highest BCUT2D eigenvalue weighted by Gasteiger charge is 2.40. The molecule has 8 rings (SSSR count). The van der Waals surface area contributed by atoms with Gasteiger partial charge < -0.3 is 19.6 Å². The van der Waals surface area contributed by atoms with Gasteiger partial charge in [-0.1, -0.05) is 69.3 Å². The third-order valence-electron chi connectivity index (χ3n) is 11.4. The van der Waals surface area contributed by atoms with Gasteiger partial charge in [-0.15, -0.1) is 0 Å². The summed E-state index contributed by atoms with van der Waals surface area (Å²) >= 11 is 0. The van der Waals surface area contributed by atoms with Gasteiger partial charge in [0, 0.05) is 29.6 Å². The van der Waals surface area contributed by atoms with Crippen molar-refractivity contribution < 1.29 is 13.9 Å². The summed E-state index contributed by atoms with van der Waals surface area (Å²) in [5.41, 5.74) is 15.3. The molecule has 2 saturated heterocycles. The van der Waals surface area contributed by atoms with Crippen molar-refractivity contribution in [3.05, 3.63) is 120 Å².